The molecule has 0 rings (SSSR count). The van der Waals surface area contributed by atoms with Crippen LogP contribution >= 0.6 is 0 Å². The minimum Gasteiger partial charge on any atom is -0.759 e. The molecular weight excluding hydrogens is 258 g/mol. The summed E-state index contributed by atoms with van der Waals surface area (Å²) in [5.41, 5.74) is 0. The van der Waals surface area contributed by atoms with Crippen molar-refractivity contribution < 1.29 is 52.4 Å². The Kier molecular flexibility index (Phi) is 14.9. The second-order valence-electron chi connectivity index (χ2n) is 0.836. The van der Waals surface area contributed by atoms with E-state index in [1.807, 2.05) is 0 Å². The van der Waals surface area contributed by atoms with E-state index in [-0.39, 0.29) is 23.5 Å². The van der Waals surface area contributed by atoms with Gasteiger partial charge in [-0.15, -0.1) is 0 Å². The fourth-order valence-electron chi connectivity index (χ4n) is 0. The van der Waals surface area contributed by atoms with Crippen molar-refractivity contribution in [2.24, 2.45) is 0 Å². The molecule has 0 aromatic heterocycles. The molecule has 0 aliphatic rings. The van der Waals surface area contributed by atoms with Crippen molar-refractivity contribution in [3.63, 3.8) is 0 Å². The monoisotopic (exact) mass is 262 g/mol. The maximum Gasteiger partial charge on any atom is 3.00 e. The molecule has 75 valence electrons. The standard InChI is InChI=1S/Cr.H3N.2H2O4S/c;;2*1-5(2,3)4/h;1H3;2*(H2,1,2,3,4)/q+3;;;/p-3. The molecule has 12 heteroatoms. The Balaban J connectivity index is -0.0000000457. The van der Waals surface area contributed by atoms with Gasteiger partial charge in [0.25, 0.3) is 0 Å². The quantitative estimate of drug-likeness (QED) is 0.360. The summed E-state index contributed by atoms with van der Waals surface area (Å²) in [6.07, 6.45) is 0. The fraction of sp³-hybridized carbons (Fsp3) is 0. The predicted octanol–water partition coefficient (Wildman–Crippen LogP) is -2.17. The van der Waals surface area contributed by atoms with E-state index < -0.39 is 20.8 Å². The van der Waals surface area contributed by atoms with Crippen molar-refractivity contribution in [1.29, 1.82) is 0 Å². The van der Waals surface area contributed by atoms with Gasteiger partial charge in [0.1, 0.15) is 0 Å². The van der Waals surface area contributed by atoms with Gasteiger partial charge < -0.3 is 19.8 Å². The Bertz CT molecular complexity index is 213. The maximum atomic E-state index is 8.63. The molecule has 0 saturated carbocycles. The van der Waals surface area contributed by atoms with Gasteiger partial charge in [0.2, 0.25) is 10.4 Å². The predicted molar refractivity (Wildman–Crippen MR) is 27.8 cm³/mol. The van der Waals surface area contributed by atoms with Crippen molar-refractivity contribution >= 4 is 20.8 Å². The van der Waals surface area contributed by atoms with Crippen LogP contribution in [0.4, 0.5) is 0 Å². The van der Waals surface area contributed by atoms with Gasteiger partial charge in [-0.2, -0.15) is 0 Å². The van der Waals surface area contributed by atoms with Crippen LogP contribution in [-0.2, 0) is 38.2 Å². The maximum absolute atomic E-state index is 8.63. The molecule has 0 aliphatic carbocycles. The molecule has 1 radical (unpaired) electrons. The minimum absolute atomic E-state index is 0. The Morgan fingerprint density at radius 2 is 0.917 bits per heavy atom. The smallest absolute Gasteiger partial charge is 0.759 e. The van der Waals surface area contributed by atoms with E-state index in [1.165, 1.54) is 0 Å². The third-order valence-corrected chi connectivity index (χ3v) is 0. The van der Waals surface area contributed by atoms with Crippen LogP contribution in [-0.4, -0.2) is 35.0 Å². The molecule has 12 heavy (non-hydrogen) atoms. The van der Waals surface area contributed by atoms with E-state index in [4.69, 9.17) is 35.0 Å². The van der Waals surface area contributed by atoms with Gasteiger partial charge in [-0.1, -0.05) is 0 Å². The molecule has 0 fully saturated rings. The van der Waals surface area contributed by atoms with E-state index in [0.717, 1.165) is 0 Å². The van der Waals surface area contributed by atoms with Gasteiger partial charge in [-0.25, -0.2) is 8.42 Å². The molecule has 0 atom stereocenters. The average Bonchev–Trinajstić information content (AvgIpc) is 1.12. The van der Waals surface area contributed by atoms with Crippen LogP contribution in [0.3, 0.4) is 0 Å². The van der Waals surface area contributed by atoms with Crippen molar-refractivity contribution in [1.82, 2.24) is 6.15 Å². The Hall–Kier alpha value is 0.232. The summed E-state index contributed by atoms with van der Waals surface area (Å²) < 4.78 is 66.9. The second kappa shape index (κ2) is 7.86. The first-order valence-electron chi connectivity index (χ1n) is 1.35. The molecule has 0 amide bonds. The van der Waals surface area contributed by atoms with Crippen LogP contribution in [0.5, 0.6) is 0 Å². The van der Waals surface area contributed by atoms with Gasteiger partial charge in [-0.3, -0.25) is 13.0 Å². The Morgan fingerprint density at radius 3 is 0.917 bits per heavy atom. The van der Waals surface area contributed by atoms with Gasteiger partial charge in [0.15, 0.2) is 0 Å². The SMILES string of the molecule is N.O=S(=O)([O-])O.O=S(=O)([O-])[O-].[Cr+3]. The van der Waals surface area contributed by atoms with Gasteiger partial charge in [0, 0.05) is 10.4 Å². The first-order valence-corrected chi connectivity index (χ1v) is 4.05. The van der Waals surface area contributed by atoms with Crippen LogP contribution in [0.25, 0.3) is 0 Å². The molecule has 0 aromatic rings. The van der Waals surface area contributed by atoms with Crippen LogP contribution in [0.15, 0.2) is 0 Å². The number of hydrogen-bond acceptors (Lipinski definition) is 8. The summed E-state index contributed by atoms with van der Waals surface area (Å²) in [6.45, 7) is 0. The van der Waals surface area contributed by atoms with Gasteiger partial charge >= 0.3 is 17.4 Å². The molecule has 9 nitrogen and oxygen atoms in total. The van der Waals surface area contributed by atoms with Crippen molar-refractivity contribution in [2.75, 3.05) is 0 Å². The Morgan fingerprint density at radius 1 is 0.917 bits per heavy atom. The summed E-state index contributed by atoms with van der Waals surface area (Å²) in [5, 5.41) is 0. The van der Waals surface area contributed by atoms with Gasteiger partial charge in [0.05, 0.1) is 0 Å². The van der Waals surface area contributed by atoms with Crippen molar-refractivity contribution in [2.45, 2.75) is 0 Å². The van der Waals surface area contributed by atoms with Crippen molar-refractivity contribution in [3.8, 4) is 0 Å². The van der Waals surface area contributed by atoms with E-state index in [1.54, 1.807) is 0 Å². The zero-order valence-corrected chi connectivity index (χ0v) is 8.14. The third kappa shape index (κ3) is 16100. The fourth-order valence-corrected chi connectivity index (χ4v) is 0. The van der Waals surface area contributed by atoms with Crippen LogP contribution in [0, 0.1) is 0 Å². The summed E-state index contributed by atoms with van der Waals surface area (Å²) >= 11 is 0. The minimum atomic E-state index is -5.17. The van der Waals surface area contributed by atoms with Crippen LogP contribution in [0.2, 0.25) is 0 Å². The van der Waals surface area contributed by atoms with Crippen LogP contribution < -0.4 is 6.15 Å². The van der Waals surface area contributed by atoms with E-state index >= 15 is 0 Å². The Labute approximate surface area is 79.7 Å². The zero-order valence-electron chi connectivity index (χ0n) is 5.24. The second-order valence-corrected chi connectivity index (χ2v) is 2.51. The molecule has 0 aromatic carbocycles. The zero-order chi connectivity index (χ0) is 9.00. The van der Waals surface area contributed by atoms with Gasteiger partial charge in [-0.05, 0) is 0 Å². The summed E-state index contributed by atoms with van der Waals surface area (Å²) in [7, 11) is -10.1. The molecule has 0 aliphatic heterocycles. The normalized spacial score (nSPS) is 9.67. The largest absolute Gasteiger partial charge is 3.00 e. The third-order valence-electron chi connectivity index (χ3n) is 0. The molecule has 0 unspecified atom stereocenters. The molecule has 0 bridgehead atoms. The number of rotatable bonds is 0. The van der Waals surface area contributed by atoms with E-state index in [0.29, 0.717) is 0 Å². The average molecular weight is 262 g/mol. The first-order chi connectivity index (χ1) is 4.00. The molecule has 0 saturated heterocycles. The van der Waals surface area contributed by atoms with E-state index in [2.05, 4.69) is 0 Å². The molecule has 0 spiro atoms. The van der Waals surface area contributed by atoms with Crippen molar-refractivity contribution in [3.05, 3.63) is 0 Å². The molecule has 4 N–H and O–H groups in total. The summed E-state index contributed by atoms with van der Waals surface area (Å²) in [5.74, 6) is 0. The topological polar surface area (TPSA) is 193 Å². The number of hydrogen-bond donors (Lipinski definition) is 2. The van der Waals surface area contributed by atoms with E-state index in [9.17, 15) is 0 Å². The summed E-state index contributed by atoms with van der Waals surface area (Å²) in [4.78, 5) is 0. The molecule has 0 heterocycles. The summed E-state index contributed by atoms with van der Waals surface area (Å²) in [6, 6.07) is 0. The first kappa shape index (κ1) is 22.8. The molecular formula is H4CrNO8S2. The van der Waals surface area contributed by atoms with Crippen LogP contribution in [0.1, 0.15) is 0 Å².